The fraction of sp³-hybridized carbons (Fsp3) is 0.800. The van der Waals surface area contributed by atoms with Gasteiger partial charge in [0, 0.05) is 24.2 Å². The van der Waals surface area contributed by atoms with Gasteiger partial charge in [-0.15, -0.1) is 0 Å². The number of hydrogen-bond donors (Lipinski definition) is 1. The second-order valence-corrected chi connectivity index (χ2v) is 4.35. The van der Waals surface area contributed by atoms with E-state index in [0.717, 1.165) is 30.5 Å². The molecular weight excluding hydrogens is 230 g/mol. The van der Waals surface area contributed by atoms with Gasteiger partial charge in [-0.2, -0.15) is 0 Å². The fourth-order valence-electron chi connectivity index (χ4n) is 1.19. The molecule has 0 aliphatic heterocycles. The Labute approximate surface area is 89.8 Å². The van der Waals surface area contributed by atoms with Crippen molar-refractivity contribution in [1.29, 1.82) is 0 Å². The standard InChI is InChI=1S/C10H20BrNO/c1-3-4-6-12(7-5-8-13)9-10(2)11/h13H,2-9H2,1H3. The van der Waals surface area contributed by atoms with E-state index in [4.69, 9.17) is 5.11 Å². The molecule has 0 radical (unpaired) electrons. The molecule has 13 heavy (non-hydrogen) atoms. The van der Waals surface area contributed by atoms with E-state index in [0.29, 0.717) is 0 Å². The quantitative estimate of drug-likeness (QED) is 0.715. The number of unbranched alkanes of at least 4 members (excludes halogenated alkanes) is 1. The first-order chi connectivity index (χ1) is 6.20. The van der Waals surface area contributed by atoms with Gasteiger partial charge in [0.05, 0.1) is 0 Å². The zero-order valence-corrected chi connectivity index (χ0v) is 10.0. The van der Waals surface area contributed by atoms with Gasteiger partial charge < -0.3 is 5.11 Å². The molecule has 0 atom stereocenters. The topological polar surface area (TPSA) is 23.5 Å². The Morgan fingerprint density at radius 2 is 2.00 bits per heavy atom. The maximum atomic E-state index is 8.71. The maximum Gasteiger partial charge on any atom is 0.0443 e. The molecule has 1 N–H and O–H groups in total. The lowest BCUT2D eigenvalue weighted by Crippen LogP contribution is -2.27. The predicted octanol–water partition coefficient (Wildman–Crippen LogP) is 2.38. The Hall–Kier alpha value is 0.140. The molecule has 0 rings (SSSR count). The van der Waals surface area contributed by atoms with Gasteiger partial charge in [-0.1, -0.05) is 35.9 Å². The van der Waals surface area contributed by atoms with Crippen molar-refractivity contribution in [3.8, 4) is 0 Å². The Bertz CT molecular complexity index is 131. The van der Waals surface area contributed by atoms with Crippen molar-refractivity contribution in [2.45, 2.75) is 26.2 Å². The second-order valence-electron chi connectivity index (χ2n) is 3.22. The monoisotopic (exact) mass is 249 g/mol. The third-order valence-electron chi connectivity index (χ3n) is 1.86. The highest BCUT2D eigenvalue weighted by Gasteiger charge is 2.03. The lowest BCUT2D eigenvalue weighted by Gasteiger charge is -2.20. The van der Waals surface area contributed by atoms with E-state index in [1.54, 1.807) is 0 Å². The van der Waals surface area contributed by atoms with Crippen LogP contribution < -0.4 is 0 Å². The summed E-state index contributed by atoms with van der Waals surface area (Å²) in [6.07, 6.45) is 3.28. The summed E-state index contributed by atoms with van der Waals surface area (Å²) in [5.74, 6) is 0. The Morgan fingerprint density at radius 1 is 1.38 bits per heavy atom. The molecule has 0 saturated heterocycles. The van der Waals surface area contributed by atoms with Crippen LogP contribution in [0.1, 0.15) is 26.2 Å². The van der Waals surface area contributed by atoms with Crippen molar-refractivity contribution in [2.75, 3.05) is 26.2 Å². The number of hydrogen-bond acceptors (Lipinski definition) is 2. The molecule has 0 saturated carbocycles. The lowest BCUT2D eigenvalue weighted by atomic mass is 10.3. The molecule has 0 amide bonds. The Morgan fingerprint density at radius 3 is 2.46 bits per heavy atom. The van der Waals surface area contributed by atoms with Crippen LogP contribution in [0, 0.1) is 0 Å². The van der Waals surface area contributed by atoms with Gasteiger partial charge >= 0.3 is 0 Å². The molecule has 78 valence electrons. The van der Waals surface area contributed by atoms with Crippen LogP contribution in [0.15, 0.2) is 11.1 Å². The third-order valence-corrected chi connectivity index (χ3v) is 2.11. The summed E-state index contributed by atoms with van der Waals surface area (Å²) in [5, 5.41) is 8.71. The fourth-order valence-corrected chi connectivity index (χ4v) is 1.54. The average molecular weight is 250 g/mol. The van der Waals surface area contributed by atoms with Crippen molar-refractivity contribution in [3.05, 3.63) is 11.1 Å². The first kappa shape index (κ1) is 13.1. The van der Waals surface area contributed by atoms with Gasteiger partial charge in [0.2, 0.25) is 0 Å². The van der Waals surface area contributed by atoms with E-state index in [-0.39, 0.29) is 6.61 Å². The summed E-state index contributed by atoms with van der Waals surface area (Å²) in [4.78, 5) is 2.32. The van der Waals surface area contributed by atoms with E-state index in [1.165, 1.54) is 12.8 Å². The second kappa shape index (κ2) is 8.73. The number of halogens is 1. The van der Waals surface area contributed by atoms with Gasteiger partial charge in [-0.05, 0) is 19.4 Å². The predicted molar refractivity (Wildman–Crippen MR) is 61.1 cm³/mol. The summed E-state index contributed by atoms with van der Waals surface area (Å²) < 4.78 is 1.02. The third kappa shape index (κ3) is 8.47. The number of aliphatic hydroxyl groups excluding tert-OH is 1. The van der Waals surface area contributed by atoms with Crippen LogP contribution in [0.25, 0.3) is 0 Å². The summed E-state index contributed by atoms with van der Waals surface area (Å²) in [6.45, 7) is 9.23. The van der Waals surface area contributed by atoms with Gasteiger partial charge in [0.25, 0.3) is 0 Å². The highest BCUT2D eigenvalue weighted by molar-refractivity contribution is 9.11. The molecule has 0 heterocycles. The minimum Gasteiger partial charge on any atom is -0.396 e. The molecule has 0 fully saturated rings. The van der Waals surface area contributed by atoms with Crippen LogP contribution in [0.5, 0.6) is 0 Å². The largest absolute Gasteiger partial charge is 0.396 e. The lowest BCUT2D eigenvalue weighted by molar-refractivity contribution is 0.234. The van der Waals surface area contributed by atoms with E-state index in [9.17, 15) is 0 Å². The molecule has 0 aromatic rings. The summed E-state index contributed by atoms with van der Waals surface area (Å²) in [6, 6.07) is 0. The molecule has 0 aromatic heterocycles. The highest BCUT2D eigenvalue weighted by atomic mass is 79.9. The van der Waals surface area contributed by atoms with E-state index in [2.05, 4.69) is 34.3 Å². The SMILES string of the molecule is C=C(Br)CN(CCCC)CCCO. The van der Waals surface area contributed by atoms with E-state index < -0.39 is 0 Å². The minimum absolute atomic E-state index is 0.275. The highest BCUT2D eigenvalue weighted by Crippen LogP contribution is 2.06. The number of nitrogens with zero attached hydrogens (tertiary/aromatic N) is 1. The molecule has 0 aliphatic rings. The molecule has 0 aromatic carbocycles. The van der Waals surface area contributed by atoms with Crippen LogP contribution in [-0.4, -0.2) is 36.2 Å². The minimum atomic E-state index is 0.275. The molecule has 0 unspecified atom stereocenters. The zero-order chi connectivity index (χ0) is 10.1. The van der Waals surface area contributed by atoms with Crippen LogP contribution >= 0.6 is 15.9 Å². The van der Waals surface area contributed by atoms with Crippen molar-refractivity contribution in [3.63, 3.8) is 0 Å². The van der Waals surface area contributed by atoms with Crippen LogP contribution in [-0.2, 0) is 0 Å². The maximum absolute atomic E-state index is 8.71. The average Bonchev–Trinajstić information content (AvgIpc) is 2.09. The molecule has 0 bridgehead atoms. The van der Waals surface area contributed by atoms with Crippen LogP contribution in [0.3, 0.4) is 0 Å². The summed E-state index contributed by atoms with van der Waals surface area (Å²) in [7, 11) is 0. The van der Waals surface area contributed by atoms with Crippen LogP contribution in [0.2, 0.25) is 0 Å². The molecule has 0 spiro atoms. The summed E-state index contributed by atoms with van der Waals surface area (Å²) in [5.41, 5.74) is 0. The summed E-state index contributed by atoms with van der Waals surface area (Å²) >= 11 is 3.36. The van der Waals surface area contributed by atoms with Crippen molar-refractivity contribution >= 4 is 15.9 Å². The van der Waals surface area contributed by atoms with Gasteiger partial charge in [0.1, 0.15) is 0 Å². The smallest absolute Gasteiger partial charge is 0.0443 e. The van der Waals surface area contributed by atoms with Crippen molar-refractivity contribution < 1.29 is 5.11 Å². The molecule has 0 aliphatic carbocycles. The zero-order valence-electron chi connectivity index (χ0n) is 8.43. The first-order valence-electron chi connectivity index (χ1n) is 4.87. The molecular formula is C10H20BrNO. The van der Waals surface area contributed by atoms with Crippen molar-refractivity contribution in [1.82, 2.24) is 4.90 Å². The van der Waals surface area contributed by atoms with E-state index in [1.807, 2.05) is 0 Å². The van der Waals surface area contributed by atoms with Gasteiger partial charge in [0.15, 0.2) is 0 Å². The van der Waals surface area contributed by atoms with Crippen molar-refractivity contribution in [2.24, 2.45) is 0 Å². The Kier molecular flexibility index (Phi) is 8.82. The van der Waals surface area contributed by atoms with Gasteiger partial charge in [-0.25, -0.2) is 0 Å². The van der Waals surface area contributed by atoms with Crippen LogP contribution in [0.4, 0.5) is 0 Å². The van der Waals surface area contributed by atoms with E-state index >= 15 is 0 Å². The Balaban J connectivity index is 3.66. The number of rotatable bonds is 8. The number of aliphatic hydroxyl groups is 1. The van der Waals surface area contributed by atoms with Gasteiger partial charge in [-0.3, -0.25) is 4.90 Å². The molecule has 3 heteroatoms. The normalized spacial score (nSPS) is 10.8. The molecule has 2 nitrogen and oxygen atoms in total. The first-order valence-corrected chi connectivity index (χ1v) is 5.66.